The maximum atomic E-state index is 9.36. The van der Waals surface area contributed by atoms with Crippen LogP contribution in [0.5, 0.6) is 0 Å². The van der Waals surface area contributed by atoms with E-state index >= 15 is 0 Å². The summed E-state index contributed by atoms with van der Waals surface area (Å²) < 4.78 is 0. The average Bonchev–Trinajstić information content (AvgIpc) is 2.08. The van der Waals surface area contributed by atoms with E-state index in [1.807, 2.05) is 0 Å². The van der Waals surface area contributed by atoms with Gasteiger partial charge in [-0.25, -0.2) is 0 Å². The van der Waals surface area contributed by atoms with Crippen LogP contribution >= 0.6 is 0 Å². The molecular weight excluding hydrogens is 162 g/mol. The Bertz CT molecular complexity index is 150. The van der Waals surface area contributed by atoms with Crippen LogP contribution in [-0.2, 0) is 0 Å². The monoisotopic (exact) mass is 178 g/mol. The fraction of sp³-hybridized carbons (Fsp3) is 1.00. The molecule has 0 aromatic rings. The van der Waals surface area contributed by atoms with Crippen LogP contribution in [0, 0.1) is 5.92 Å². The molecule has 1 rings (SSSR count). The Kier molecular flexibility index (Phi) is 3.03. The lowest BCUT2D eigenvalue weighted by Gasteiger charge is -2.36. The highest BCUT2D eigenvalue weighted by molar-refractivity contribution is 4.91. The van der Waals surface area contributed by atoms with E-state index in [1.54, 1.807) is 0 Å². The Morgan fingerprint density at radius 3 is 2.25 bits per heavy atom. The molecule has 5 unspecified atom stereocenters. The van der Waals surface area contributed by atoms with Crippen molar-refractivity contribution in [3.63, 3.8) is 0 Å². The van der Waals surface area contributed by atoms with Crippen molar-refractivity contribution >= 4 is 0 Å². The summed E-state index contributed by atoms with van der Waals surface area (Å²) in [6, 6.07) is -0.567. The molecule has 1 fully saturated rings. The smallest absolute Gasteiger partial charge is 0.139 e. The lowest BCUT2D eigenvalue weighted by molar-refractivity contribution is -0.467. The molecule has 1 saturated carbocycles. The number of quaternary nitrogens is 1. The first-order valence-corrected chi connectivity index (χ1v) is 4.06. The number of rotatable bonds is 1. The predicted molar refractivity (Wildman–Crippen MR) is 39.9 cm³/mol. The molecule has 1 aliphatic carbocycles. The van der Waals surface area contributed by atoms with Crippen LogP contribution in [0.4, 0.5) is 0 Å². The highest BCUT2D eigenvalue weighted by atomic mass is 16.3. The minimum atomic E-state index is -1.04. The first-order chi connectivity index (χ1) is 5.57. The summed E-state index contributed by atoms with van der Waals surface area (Å²) in [5.74, 6) is -0.437. The maximum absolute atomic E-state index is 9.36. The lowest BCUT2D eigenvalue weighted by Crippen LogP contribution is -2.76. The zero-order chi connectivity index (χ0) is 9.30. The summed E-state index contributed by atoms with van der Waals surface area (Å²) >= 11 is 0. The molecule has 0 radical (unpaired) electrons. The van der Waals surface area contributed by atoms with E-state index in [1.165, 1.54) is 0 Å². The summed E-state index contributed by atoms with van der Waals surface area (Å²) in [7, 11) is 0. The molecule has 12 heavy (non-hydrogen) atoms. The second kappa shape index (κ2) is 3.68. The summed E-state index contributed by atoms with van der Waals surface area (Å²) in [6.07, 6.45) is -2.45. The van der Waals surface area contributed by atoms with Gasteiger partial charge in [-0.05, 0) is 6.42 Å². The van der Waals surface area contributed by atoms with Gasteiger partial charge >= 0.3 is 0 Å². The second-order valence-electron chi connectivity index (χ2n) is 3.39. The third kappa shape index (κ3) is 1.60. The molecule has 0 aliphatic heterocycles. The molecule has 0 aromatic heterocycles. The SMILES string of the molecule is [NH3+]C1C(O)CC(CO)C(O)C1O. The molecule has 5 atom stereocenters. The summed E-state index contributed by atoms with van der Waals surface area (Å²) in [4.78, 5) is 0. The van der Waals surface area contributed by atoms with E-state index in [2.05, 4.69) is 5.73 Å². The van der Waals surface area contributed by atoms with E-state index in [4.69, 9.17) is 5.11 Å². The fourth-order valence-corrected chi connectivity index (χ4v) is 1.57. The molecule has 0 spiro atoms. The van der Waals surface area contributed by atoms with Crippen LogP contribution < -0.4 is 5.73 Å². The molecular formula is C7H16NO4+. The molecule has 5 nitrogen and oxygen atoms in total. The minimum absolute atomic E-state index is 0.220. The van der Waals surface area contributed by atoms with Gasteiger partial charge in [-0.15, -0.1) is 0 Å². The second-order valence-corrected chi connectivity index (χ2v) is 3.39. The Balaban J connectivity index is 2.63. The van der Waals surface area contributed by atoms with Crippen molar-refractivity contribution in [1.82, 2.24) is 0 Å². The summed E-state index contributed by atoms with van der Waals surface area (Å²) in [6.45, 7) is -0.220. The number of aliphatic hydroxyl groups excluding tert-OH is 4. The van der Waals surface area contributed by atoms with Gasteiger partial charge in [-0.3, -0.25) is 0 Å². The van der Waals surface area contributed by atoms with Crippen LogP contribution in [0.25, 0.3) is 0 Å². The molecule has 1 aliphatic rings. The van der Waals surface area contributed by atoms with Crippen LogP contribution in [0.2, 0.25) is 0 Å². The van der Waals surface area contributed by atoms with Gasteiger partial charge < -0.3 is 26.2 Å². The van der Waals surface area contributed by atoms with Crippen molar-refractivity contribution in [3.05, 3.63) is 0 Å². The van der Waals surface area contributed by atoms with Gasteiger partial charge in [0.15, 0.2) is 0 Å². The maximum Gasteiger partial charge on any atom is 0.139 e. The van der Waals surface area contributed by atoms with Gasteiger partial charge in [0, 0.05) is 12.5 Å². The zero-order valence-electron chi connectivity index (χ0n) is 6.80. The Morgan fingerprint density at radius 1 is 1.17 bits per heavy atom. The van der Waals surface area contributed by atoms with E-state index in [0.29, 0.717) is 6.42 Å². The third-order valence-electron chi connectivity index (χ3n) is 2.54. The van der Waals surface area contributed by atoms with Crippen molar-refractivity contribution in [2.24, 2.45) is 5.92 Å². The molecule has 0 saturated heterocycles. The van der Waals surface area contributed by atoms with Crippen molar-refractivity contribution < 1.29 is 26.2 Å². The summed E-state index contributed by atoms with van der Waals surface area (Å²) in [5, 5.41) is 36.8. The number of hydrogen-bond donors (Lipinski definition) is 5. The predicted octanol–water partition coefficient (Wildman–Crippen LogP) is -3.31. The highest BCUT2D eigenvalue weighted by Crippen LogP contribution is 2.23. The topological polar surface area (TPSA) is 109 Å². The lowest BCUT2D eigenvalue weighted by atomic mass is 9.80. The van der Waals surface area contributed by atoms with Crippen molar-refractivity contribution in [2.75, 3.05) is 6.61 Å². The van der Waals surface area contributed by atoms with Gasteiger partial charge in [-0.2, -0.15) is 0 Å². The zero-order valence-corrected chi connectivity index (χ0v) is 6.80. The van der Waals surface area contributed by atoms with Gasteiger partial charge in [-0.1, -0.05) is 0 Å². The van der Waals surface area contributed by atoms with Gasteiger partial charge in [0.25, 0.3) is 0 Å². The first kappa shape index (κ1) is 9.88. The Labute approximate surface area is 70.4 Å². The van der Waals surface area contributed by atoms with Crippen molar-refractivity contribution in [3.8, 4) is 0 Å². The molecule has 0 amide bonds. The minimum Gasteiger partial charge on any atom is -0.396 e. The van der Waals surface area contributed by atoms with Crippen LogP contribution in [0.15, 0.2) is 0 Å². The molecule has 7 N–H and O–H groups in total. The van der Waals surface area contributed by atoms with Crippen LogP contribution in [0.1, 0.15) is 6.42 Å². The molecule has 72 valence electrons. The largest absolute Gasteiger partial charge is 0.396 e. The van der Waals surface area contributed by atoms with E-state index in [9.17, 15) is 15.3 Å². The normalized spacial score (nSPS) is 49.2. The molecule has 5 heteroatoms. The highest BCUT2D eigenvalue weighted by Gasteiger charge is 2.42. The summed E-state index contributed by atoms with van der Waals surface area (Å²) in [5.41, 5.74) is 3.54. The molecule has 0 heterocycles. The quantitative estimate of drug-likeness (QED) is 0.290. The third-order valence-corrected chi connectivity index (χ3v) is 2.54. The molecule has 0 bridgehead atoms. The van der Waals surface area contributed by atoms with E-state index in [0.717, 1.165) is 0 Å². The van der Waals surface area contributed by atoms with Crippen LogP contribution in [0.3, 0.4) is 0 Å². The Morgan fingerprint density at radius 2 is 1.75 bits per heavy atom. The van der Waals surface area contributed by atoms with E-state index < -0.39 is 30.3 Å². The Hall–Kier alpha value is -0.200. The van der Waals surface area contributed by atoms with Gasteiger partial charge in [0.05, 0.1) is 6.10 Å². The van der Waals surface area contributed by atoms with Crippen molar-refractivity contribution in [1.29, 1.82) is 0 Å². The number of hydrogen-bond acceptors (Lipinski definition) is 4. The van der Waals surface area contributed by atoms with Gasteiger partial charge in [0.1, 0.15) is 18.2 Å². The molecule has 0 aromatic carbocycles. The van der Waals surface area contributed by atoms with E-state index in [-0.39, 0.29) is 6.61 Å². The van der Waals surface area contributed by atoms with Crippen LogP contribution in [-0.4, -0.2) is 51.4 Å². The fourth-order valence-electron chi connectivity index (χ4n) is 1.57. The van der Waals surface area contributed by atoms with Gasteiger partial charge in [0.2, 0.25) is 0 Å². The number of aliphatic hydroxyl groups is 4. The average molecular weight is 178 g/mol. The first-order valence-electron chi connectivity index (χ1n) is 4.06. The standard InChI is InChI=1S/C7H15NO4/c8-5-4(10)1-3(2-9)6(11)7(5)12/h3-7,9-12H,1-2,8H2/p+1. The van der Waals surface area contributed by atoms with Crippen molar-refractivity contribution in [2.45, 2.75) is 30.8 Å².